The molecule has 1 atom stereocenters. The highest BCUT2D eigenvalue weighted by atomic mass is 35.5. The molecule has 1 saturated carbocycles. The Kier molecular flexibility index (Phi) is 12.4. The van der Waals surface area contributed by atoms with Gasteiger partial charge in [-0.15, -0.1) is 0 Å². The van der Waals surface area contributed by atoms with Crippen LogP contribution in [0.4, 0.5) is 5.69 Å². The summed E-state index contributed by atoms with van der Waals surface area (Å²) < 4.78 is 26.6. The third-order valence-electron chi connectivity index (χ3n) is 7.86. The van der Waals surface area contributed by atoms with E-state index in [2.05, 4.69) is 5.32 Å². The summed E-state index contributed by atoms with van der Waals surface area (Å²) >= 11 is 19.2. The molecule has 0 bridgehead atoms. The summed E-state index contributed by atoms with van der Waals surface area (Å²) in [6, 6.07) is 20.5. The van der Waals surface area contributed by atoms with E-state index >= 15 is 0 Å². The van der Waals surface area contributed by atoms with Crippen molar-refractivity contribution in [3.05, 3.63) is 99.0 Å². The minimum absolute atomic E-state index is 0.00332. The zero-order valence-electron chi connectivity index (χ0n) is 24.7. The van der Waals surface area contributed by atoms with E-state index < -0.39 is 16.1 Å². The number of carbonyl (C=O) groups is 2. The van der Waals surface area contributed by atoms with Gasteiger partial charge in [-0.25, -0.2) is 8.42 Å². The Hall–Kier alpha value is -2.78. The van der Waals surface area contributed by atoms with Crippen LogP contribution in [0.2, 0.25) is 15.1 Å². The lowest BCUT2D eigenvalue weighted by Gasteiger charge is -2.34. The third-order valence-corrected chi connectivity index (χ3v) is 10.00. The minimum atomic E-state index is -3.65. The number of hydrogen-bond acceptors (Lipinski definition) is 4. The summed E-state index contributed by atoms with van der Waals surface area (Å²) in [5.41, 5.74) is 1.87. The van der Waals surface area contributed by atoms with E-state index in [1.54, 1.807) is 47.4 Å². The number of nitrogens with one attached hydrogen (secondary N) is 1. The molecule has 1 N–H and O–H groups in total. The lowest BCUT2D eigenvalue weighted by molar-refractivity contribution is -0.141. The van der Waals surface area contributed by atoms with E-state index in [9.17, 15) is 18.0 Å². The molecular formula is C33H38Cl3N3O4S. The van der Waals surface area contributed by atoms with Gasteiger partial charge in [-0.05, 0) is 55.2 Å². The number of benzene rings is 3. The van der Waals surface area contributed by atoms with Crippen LogP contribution >= 0.6 is 34.8 Å². The predicted octanol–water partition coefficient (Wildman–Crippen LogP) is 7.28. The van der Waals surface area contributed by atoms with Gasteiger partial charge in [0.25, 0.3) is 0 Å². The van der Waals surface area contributed by atoms with Gasteiger partial charge < -0.3 is 10.2 Å². The molecule has 0 saturated heterocycles. The maximum absolute atomic E-state index is 14.1. The Morgan fingerprint density at radius 2 is 1.57 bits per heavy atom. The Morgan fingerprint density at radius 1 is 0.909 bits per heavy atom. The molecule has 1 aliphatic carbocycles. The topological polar surface area (TPSA) is 86.8 Å². The maximum Gasteiger partial charge on any atom is 0.243 e. The van der Waals surface area contributed by atoms with Crippen LogP contribution < -0.4 is 9.62 Å². The SMILES string of the molecule is CS(=O)(=O)N(CCCC(=O)N(Cc1c(Cl)cccc1Cl)[C@H](Cc1ccccc1)C(=O)NC1CCCCC1)c1cccc(Cl)c1. The Balaban J connectivity index is 1.62. The smallest absolute Gasteiger partial charge is 0.243 e. The molecular weight excluding hydrogens is 641 g/mol. The minimum Gasteiger partial charge on any atom is -0.352 e. The van der Waals surface area contributed by atoms with Crippen molar-refractivity contribution in [2.24, 2.45) is 0 Å². The summed E-state index contributed by atoms with van der Waals surface area (Å²) in [5.74, 6) is -0.533. The highest BCUT2D eigenvalue weighted by Gasteiger charge is 2.33. The van der Waals surface area contributed by atoms with Crippen molar-refractivity contribution in [3.8, 4) is 0 Å². The fourth-order valence-corrected chi connectivity index (χ4v) is 7.25. The van der Waals surface area contributed by atoms with E-state index in [1.165, 1.54) is 4.31 Å². The van der Waals surface area contributed by atoms with Crippen molar-refractivity contribution in [3.63, 3.8) is 0 Å². The summed E-state index contributed by atoms with van der Waals surface area (Å²) in [5, 5.41) is 4.41. The van der Waals surface area contributed by atoms with Gasteiger partial charge in [0.1, 0.15) is 6.04 Å². The molecule has 0 unspecified atom stereocenters. The first-order chi connectivity index (χ1) is 21.0. The highest BCUT2D eigenvalue weighted by molar-refractivity contribution is 7.92. The van der Waals surface area contributed by atoms with Crippen LogP contribution in [-0.2, 0) is 32.6 Å². The first-order valence-corrected chi connectivity index (χ1v) is 17.8. The number of amides is 2. The lowest BCUT2D eigenvalue weighted by Crippen LogP contribution is -2.53. The quantitative estimate of drug-likeness (QED) is 0.206. The Morgan fingerprint density at radius 3 is 2.20 bits per heavy atom. The van der Waals surface area contributed by atoms with Gasteiger partial charge in [-0.1, -0.05) is 96.5 Å². The largest absolute Gasteiger partial charge is 0.352 e. The maximum atomic E-state index is 14.1. The van der Waals surface area contributed by atoms with Crippen molar-refractivity contribution in [2.45, 2.75) is 70.0 Å². The summed E-state index contributed by atoms with van der Waals surface area (Å²) in [6.07, 6.45) is 6.68. The van der Waals surface area contributed by atoms with E-state index in [1.807, 2.05) is 30.3 Å². The first kappa shape index (κ1) is 34.1. The number of sulfonamides is 1. The number of nitrogens with zero attached hydrogens (tertiary/aromatic N) is 2. The van der Waals surface area contributed by atoms with E-state index in [-0.39, 0.29) is 43.8 Å². The van der Waals surface area contributed by atoms with Crippen LogP contribution in [0.5, 0.6) is 0 Å². The molecule has 0 radical (unpaired) electrons. The lowest BCUT2D eigenvalue weighted by atomic mass is 9.94. The van der Waals surface area contributed by atoms with Gasteiger partial charge in [0.05, 0.1) is 11.9 Å². The average molecular weight is 679 g/mol. The number of carbonyl (C=O) groups excluding carboxylic acids is 2. The molecule has 1 fully saturated rings. The first-order valence-electron chi connectivity index (χ1n) is 14.8. The summed E-state index contributed by atoms with van der Waals surface area (Å²) in [4.78, 5) is 29.6. The van der Waals surface area contributed by atoms with Gasteiger partial charge in [0, 0.05) is 52.6 Å². The Labute approximate surface area is 275 Å². The Bertz CT molecular complexity index is 1510. The summed E-state index contributed by atoms with van der Waals surface area (Å²) in [6.45, 7) is 0.0836. The van der Waals surface area contributed by atoms with Crippen molar-refractivity contribution >= 4 is 62.3 Å². The van der Waals surface area contributed by atoms with Crippen molar-refractivity contribution in [2.75, 3.05) is 17.1 Å². The fourth-order valence-electron chi connectivity index (χ4n) is 5.59. The molecule has 1 aliphatic rings. The highest BCUT2D eigenvalue weighted by Crippen LogP contribution is 2.28. The molecule has 7 nitrogen and oxygen atoms in total. The van der Waals surface area contributed by atoms with E-state index in [0.29, 0.717) is 32.7 Å². The van der Waals surface area contributed by atoms with Gasteiger partial charge in [-0.2, -0.15) is 0 Å². The van der Waals surface area contributed by atoms with E-state index in [4.69, 9.17) is 34.8 Å². The molecule has 3 aromatic rings. The zero-order valence-corrected chi connectivity index (χ0v) is 27.8. The second-order valence-corrected chi connectivity index (χ2v) is 14.3. The van der Waals surface area contributed by atoms with Crippen LogP contribution in [0, 0.1) is 0 Å². The molecule has 0 spiro atoms. The van der Waals surface area contributed by atoms with Crippen molar-refractivity contribution < 1.29 is 18.0 Å². The second-order valence-electron chi connectivity index (χ2n) is 11.2. The molecule has 2 amide bonds. The molecule has 4 rings (SSSR count). The zero-order chi connectivity index (χ0) is 31.7. The van der Waals surface area contributed by atoms with Crippen LogP contribution in [0.15, 0.2) is 72.8 Å². The average Bonchev–Trinajstić information content (AvgIpc) is 2.98. The number of anilines is 1. The summed E-state index contributed by atoms with van der Waals surface area (Å²) in [7, 11) is -3.65. The molecule has 236 valence electrons. The van der Waals surface area contributed by atoms with Crippen LogP contribution in [0.3, 0.4) is 0 Å². The van der Waals surface area contributed by atoms with E-state index in [0.717, 1.165) is 43.9 Å². The number of rotatable bonds is 13. The molecule has 44 heavy (non-hydrogen) atoms. The molecule has 0 heterocycles. The van der Waals surface area contributed by atoms with Gasteiger partial charge in [0.2, 0.25) is 21.8 Å². The van der Waals surface area contributed by atoms with Gasteiger partial charge >= 0.3 is 0 Å². The van der Waals surface area contributed by atoms with Gasteiger partial charge in [-0.3, -0.25) is 13.9 Å². The molecule has 3 aromatic carbocycles. The molecule has 0 aliphatic heterocycles. The fraction of sp³-hybridized carbons (Fsp3) is 0.394. The molecule has 11 heteroatoms. The van der Waals surface area contributed by atoms with Crippen LogP contribution in [-0.4, -0.2) is 50.0 Å². The van der Waals surface area contributed by atoms with Gasteiger partial charge in [0.15, 0.2) is 0 Å². The monoisotopic (exact) mass is 677 g/mol. The van der Waals surface area contributed by atoms with Crippen LogP contribution in [0.25, 0.3) is 0 Å². The second kappa shape index (κ2) is 16.0. The molecule has 0 aromatic heterocycles. The van der Waals surface area contributed by atoms with Crippen LogP contribution in [0.1, 0.15) is 56.1 Å². The predicted molar refractivity (Wildman–Crippen MR) is 179 cm³/mol. The third kappa shape index (κ3) is 9.61. The van der Waals surface area contributed by atoms with Crippen molar-refractivity contribution in [1.82, 2.24) is 10.2 Å². The van der Waals surface area contributed by atoms with Crippen molar-refractivity contribution in [1.29, 1.82) is 0 Å². The number of hydrogen-bond donors (Lipinski definition) is 1. The normalized spacial score (nSPS) is 14.5. The number of halogens is 3. The standard InChI is InChI=1S/C33H38Cl3N3O4S/c1-44(42,43)39(27-16-8-13-25(34)22-27)20-10-19-32(40)38(23-28-29(35)17-9-18-30(28)36)31(21-24-11-4-2-5-12-24)33(41)37-26-14-6-3-7-15-26/h2,4-5,8-9,11-13,16-18,22,26,31H,3,6-7,10,14-15,19-21,23H2,1H3,(H,37,41)/t31-/m1/s1.